The van der Waals surface area contributed by atoms with E-state index in [9.17, 15) is 13.2 Å². The summed E-state index contributed by atoms with van der Waals surface area (Å²) in [6, 6.07) is 3.35. The molecule has 8 heteroatoms. The predicted molar refractivity (Wildman–Crippen MR) is 72.0 cm³/mol. The summed E-state index contributed by atoms with van der Waals surface area (Å²) in [5.74, 6) is -1.34. The monoisotopic (exact) mass is 300 g/mol. The first-order valence-electron chi connectivity index (χ1n) is 6.13. The summed E-state index contributed by atoms with van der Waals surface area (Å²) in [7, 11) is -3.92. The summed E-state index contributed by atoms with van der Waals surface area (Å²) >= 11 is 0. The van der Waals surface area contributed by atoms with E-state index in [4.69, 9.17) is 15.6 Å². The Morgan fingerprint density at radius 2 is 2.20 bits per heavy atom. The van der Waals surface area contributed by atoms with Crippen molar-refractivity contribution in [3.63, 3.8) is 0 Å². The van der Waals surface area contributed by atoms with Crippen LogP contribution in [0.3, 0.4) is 0 Å². The molecule has 0 amide bonds. The van der Waals surface area contributed by atoms with Crippen LogP contribution in [-0.4, -0.2) is 38.7 Å². The molecule has 2 rings (SSSR count). The van der Waals surface area contributed by atoms with Crippen LogP contribution >= 0.6 is 0 Å². The molecule has 20 heavy (non-hydrogen) atoms. The van der Waals surface area contributed by atoms with Gasteiger partial charge in [0.05, 0.1) is 17.1 Å². The van der Waals surface area contributed by atoms with Gasteiger partial charge in [0.15, 0.2) is 0 Å². The summed E-state index contributed by atoms with van der Waals surface area (Å²) in [5.41, 5.74) is 5.35. The normalized spacial score (nSPS) is 19.7. The molecule has 1 fully saturated rings. The largest absolute Gasteiger partial charge is 0.478 e. The van der Waals surface area contributed by atoms with Crippen LogP contribution in [0.5, 0.6) is 0 Å². The summed E-state index contributed by atoms with van der Waals surface area (Å²) in [6.07, 6.45) is 1.43. The van der Waals surface area contributed by atoms with Gasteiger partial charge in [-0.1, -0.05) is 0 Å². The number of ether oxygens (including phenoxy) is 1. The fraction of sp³-hybridized carbons (Fsp3) is 0.417. The maximum Gasteiger partial charge on any atom is 0.337 e. The van der Waals surface area contributed by atoms with Gasteiger partial charge >= 0.3 is 5.97 Å². The molecule has 0 saturated carbocycles. The molecule has 4 N–H and O–H groups in total. The number of aromatic carboxylic acids is 1. The molecule has 1 aliphatic heterocycles. The number of carboxylic acid groups (broad SMARTS) is 1. The van der Waals surface area contributed by atoms with E-state index in [1.54, 1.807) is 0 Å². The third kappa shape index (κ3) is 3.27. The number of sulfonamides is 1. The third-order valence-electron chi connectivity index (χ3n) is 3.01. The molecule has 110 valence electrons. The maximum absolute atomic E-state index is 12.3. The number of nitrogens with one attached hydrogen (secondary N) is 1. The number of nitrogens with two attached hydrogens (primary N) is 1. The minimum atomic E-state index is -3.92. The van der Waals surface area contributed by atoms with Gasteiger partial charge in [0.25, 0.3) is 0 Å². The number of rotatable bonds is 4. The van der Waals surface area contributed by atoms with Crippen molar-refractivity contribution in [3.05, 3.63) is 23.8 Å². The van der Waals surface area contributed by atoms with E-state index in [0.29, 0.717) is 13.0 Å². The van der Waals surface area contributed by atoms with Gasteiger partial charge < -0.3 is 15.6 Å². The van der Waals surface area contributed by atoms with E-state index in [1.807, 2.05) is 0 Å². The molecule has 1 aromatic carbocycles. The summed E-state index contributed by atoms with van der Waals surface area (Å²) in [6.45, 7) is 0.900. The van der Waals surface area contributed by atoms with Gasteiger partial charge in [-0.15, -0.1) is 0 Å². The van der Waals surface area contributed by atoms with E-state index in [-0.39, 0.29) is 28.8 Å². The smallest absolute Gasteiger partial charge is 0.337 e. The van der Waals surface area contributed by atoms with Gasteiger partial charge in [0.1, 0.15) is 0 Å². The Morgan fingerprint density at radius 3 is 2.80 bits per heavy atom. The summed E-state index contributed by atoms with van der Waals surface area (Å²) in [5, 5.41) is 9.09. The summed E-state index contributed by atoms with van der Waals surface area (Å²) < 4.78 is 32.2. The molecule has 1 unspecified atom stereocenters. The Labute approximate surface area is 116 Å². The van der Waals surface area contributed by atoms with Crippen LogP contribution in [0.1, 0.15) is 23.2 Å². The molecule has 0 radical (unpaired) electrons. The van der Waals surface area contributed by atoms with Crippen molar-refractivity contribution in [2.24, 2.45) is 0 Å². The van der Waals surface area contributed by atoms with Crippen LogP contribution in [0, 0.1) is 0 Å². The van der Waals surface area contributed by atoms with Crippen molar-refractivity contribution in [3.8, 4) is 0 Å². The van der Waals surface area contributed by atoms with Crippen LogP contribution < -0.4 is 10.5 Å². The van der Waals surface area contributed by atoms with E-state index in [2.05, 4.69) is 4.72 Å². The molecule has 1 atom stereocenters. The van der Waals surface area contributed by atoms with Crippen LogP contribution in [0.15, 0.2) is 23.1 Å². The van der Waals surface area contributed by atoms with Crippen molar-refractivity contribution in [1.29, 1.82) is 0 Å². The number of nitrogen functional groups attached to an aromatic ring is 1. The molecule has 0 aliphatic carbocycles. The first-order valence-corrected chi connectivity index (χ1v) is 7.61. The molecule has 1 aromatic rings. The Morgan fingerprint density at radius 1 is 1.45 bits per heavy atom. The fourth-order valence-electron chi connectivity index (χ4n) is 2.07. The Bertz CT molecular complexity index is 608. The van der Waals surface area contributed by atoms with Gasteiger partial charge in [-0.3, -0.25) is 0 Å². The highest BCUT2D eigenvalue weighted by atomic mass is 32.2. The van der Waals surface area contributed by atoms with Gasteiger partial charge in [-0.25, -0.2) is 17.9 Å². The topological polar surface area (TPSA) is 119 Å². The summed E-state index contributed by atoms with van der Waals surface area (Å²) in [4.78, 5) is 10.9. The van der Waals surface area contributed by atoms with E-state index in [0.717, 1.165) is 12.5 Å². The number of benzene rings is 1. The zero-order valence-electron chi connectivity index (χ0n) is 10.7. The van der Waals surface area contributed by atoms with Gasteiger partial charge in [0.2, 0.25) is 10.0 Å². The first-order chi connectivity index (χ1) is 9.40. The minimum absolute atomic E-state index is 0.197. The van der Waals surface area contributed by atoms with Crippen molar-refractivity contribution in [1.82, 2.24) is 4.72 Å². The van der Waals surface area contributed by atoms with E-state index in [1.165, 1.54) is 12.1 Å². The van der Waals surface area contributed by atoms with Gasteiger partial charge in [-0.2, -0.15) is 0 Å². The van der Waals surface area contributed by atoms with Crippen LogP contribution in [0.4, 0.5) is 5.69 Å². The Kier molecular flexibility index (Phi) is 4.26. The highest BCUT2D eigenvalue weighted by molar-refractivity contribution is 7.89. The maximum atomic E-state index is 12.3. The minimum Gasteiger partial charge on any atom is -0.478 e. The highest BCUT2D eigenvalue weighted by Gasteiger charge is 2.26. The number of carboxylic acids is 1. The number of hydrogen-bond acceptors (Lipinski definition) is 5. The molecule has 0 spiro atoms. The highest BCUT2D eigenvalue weighted by Crippen LogP contribution is 2.20. The lowest BCUT2D eigenvalue weighted by molar-refractivity contribution is 0.0692. The third-order valence-corrected chi connectivity index (χ3v) is 4.58. The lowest BCUT2D eigenvalue weighted by Crippen LogP contribution is -2.41. The Balaban J connectivity index is 2.31. The zero-order valence-corrected chi connectivity index (χ0v) is 11.5. The average molecular weight is 300 g/mol. The van der Waals surface area contributed by atoms with Crippen molar-refractivity contribution < 1.29 is 23.1 Å². The molecular weight excluding hydrogens is 284 g/mol. The van der Waals surface area contributed by atoms with E-state index < -0.39 is 16.0 Å². The second kappa shape index (κ2) is 5.78. The van der Waals surface area contributed by atoms with Crippen LogP contribution in [-0.2, 0) is 14.8 Å². The molecule has 1 aliphatic rings. The number of carbonyl (C=O) groups is 1. The molecular formula is C12H16N2O5S. The fourth-order valence-corrected chi connectivity index (χ4v) is 3.50. The molecule has 1 saturated heterocycles. The lowest BCUT2D eigenvalue weighted by Gasteiger charge is -2.23. The molecule has 0 bridgehead atoms. The molecule has 0 aromatic heterocycles. The zero-order chi connectivity index (χ0) is 14.8. The van der Waals surface area contributed by atoms with Crippen molar-refractivity contribution in [2.75, 3.05) is 18.9 Å². The number of anilines is 1. The quantitative estimate of drug-likeness (QED) is 0.694. The first kappa shape index (κ1) is 14.8. The van der Waals surface area contributed by atoms with Gasteiger partial charge in [-0.05, 0) is 31.0 Å². The molecule has 1 heterocycles. The second-order valence-corrected chi connectivity index (χ2v) is 6.28. The van der Waals surface area contributed by atoms with E-state index >= 15 is 0 Å². The van der Waals surface area contributed by atoms with Crippen molar-refractivity contribution >= 4 is 21.7 Å². The average Bonchev–Trinajstić information content (AvgIpc) is 2.38. The predicted octanol–water partition coefficient (Wildman–Crippen LogP) is 0.424. The SMILES string of the molecule is Nc1ccc(S(=O)(=O)NC2CCCOC2)c(C(=O)O)c1. The Hall–Kier alpha value is -1.64. The van der Waals surface area contributed by atoms with Gasteiger partial charge in [0, 0.05) is 18.3 Å². The van der Waals surface area contributed by atoms with Crippen molar-refractivity contribution in [2.45, 2.75) is 23.8 Å². The van der Waals surface area contributed by atoms with Crippen LogP contribution in [0.2, 0.25) is 0 Å². The molecule has 7 nitrogen and oxygen atoms in total. The standard InChI is InChI=1S/C12H16N2O5S/c13-8-3-4-11(10(6-8)12(15)16)20(17,18)14-9-2-1-5-19-7-9/h3-4,6,9,14H,1-2,5,7,13H2,(H,15,16). The van der Waals surface area contributed by atoms with Crippen LogP contribution in [0.25, 0.3) is 0 Å². The lowest BCUT2D eigenvalue weighted by atomic mass is 10.1. The second-order valence-electron chi connectivity index (χ2n) is 4.60. The number of hydrogen-bond donors (Lipinski definition) is 3.